The van der Waals surface area contributed by atoms with Crippen molar-refractivity contribution in [2.45, 2.75) is 0 Å². The largest absolute Gasteiger partial charge is 0.394 e. The number of hydrogen-bond acceptors (Lipinski definition) is 3. The van der Waals surface area contributed by atoms with Crippen LogP contribution < -0.4 is 10.6 Å². The first-order valence-electron chi connectivity index (χ1n) is 5.87. The van der Waals surface area contributed by atoms with Gasteiger partial charge in [-0.15, -0.1) is 0 Å². The maximum absolute atomic E-state index is 12.9. The van der Waals surface area contributed by atoms with E-state index in [0.29, 0.717) is 18.7 Å². The normalized spacial score (nSPS) is 10.6. The summed E-state index contributed by atoms with van der Waals surface area (Å²) in [5.74, 6) is -0.326. The quantitative estimate of drug-likeness (QED) is 0.649. The summed E-state index contributed by atoms with van der Waals surface area (Å²) in [6, 6.07) is 5.65. The predicted molar refractivity (Wildman–Crippen MR) is 69.9 cm³/mol. The summed E-state index contributed by atoms with van der Waals surface area (Å²) in [5.41, 5.74) is 0.659. The maximum Gasteiger partial charge on any atom is 0.318 e. The molecular formula is C13H17FN2O3. The highest BCUT2D eigenvalue weighted by Crippen LogP contribution is 2.04. The standard InChI is InChI=1S/C13H17FN2O3/c14-12-3-1-2-11(10-12)4-5-15-13(18)16-6-8-19-9-7-17/h1-5,10,17H,6-9H2,(H2,15,16,18)/b5-4+. The summed E-state index contributed by atoms with van der Waals surface area (Å²) in [6.07, 6.45) is 3.02. The third-order valence-corrected chi connectivity index (χ3v) is 2.11. The number of urea groups is 1. The van der Waals surface area contributed by atoms with Crippen LogP contribution in [0.25, 0.3) is 6.08 Å². The first kappa shape index (κ1) is 15.1. The Kier molecular flexibility index (Phi) is 7.23. The molecule has 0 saturated carbocycles. The van der Waals surface area contributed by atoms with Crippen molar-refractivity contribution in [3.8, 4) is 0 Å². The average Bonchev–Trinajstić information content (AvgIpc) is 2.38. The van der Waals surface area contributed by atoms with Gasteiger partial charge in [-0.05, 0) is 23.8 Å². The van der Waals surface area contributed by atoms with E-state index in [-0.39, 0.29) is 25.1 Å². The summed E-state index contributed by atoms with van der Waals surface area (Å²) in [4.78, 5) is 11.3. The van der Waals surface area contributed by atoms with Crippen LogP contribution in [0.1, 0.15) is 5.56 Å². The second-order valence-electron chi connectivity index (χ2n) is 3.62. The number of amides is 2. The van der Waals surface area contributed by atoms with E-state index < -0.39 is 0 Å². The third kappa shape index (κ3) is 7.17. The average molecular weight is 268 g/mol. The van der Waals surface area contributed by atoms with E-state index >= 15 is 0 Å². The van der Waals surface area contributed by atoms with Gasteiger partial charge < -0.3 is 20.5 Å². The molecule has 0 aliphatic rings. The molecule has 6 heteroatoms. The molecule has 0 heterocycles. The zero-order chi connectivity index (χ0) is 13.9. The van der Waals surface area contributed by atoms with Gasteiger partial charge in [-0.1, -0.05) is 12.1 Å². The fourth-order valence-corrected chi connectivity index (χ4v) is 1.28. The summed E-state index contributed by atoms with van der Waals surface area (Å²) >= 11 is 0. The molecule has 0 saturated heterocycles. The van der Waals surface area contributed by atoms with E-state index in [1.54, 1.807) is 18.2 Å². The van der Waals surface area contributed by atoms with Crippen LogP contribution in [0.4, 0.5) is 9.18 Å². The minimum absolute atomic E-state index is 0.0391. The number of rotatable bonds is 7. The molecule has 0 atom stereocenters. The van der Waals surface area contributed by atoms with E-state index in [9.17, 15) is 9.18 Å². The fraction of sp³-hybridized carbons (Fsp3) is 0.308. The molecule has 3 N–H and O–H groups in total. The predicted octanol–water partition coefficient (Wildman–Crippen LogP) is 1.10. The lowest BCUT2D eigenvalue weighted by Crippen LogP contribution is -2.34. The molecule has 1 aromatic carbocycles. The lowest BCUT2D eigenvalue weighted by Gasteiger charge is -2.04. The monoisotopic (exact) mass is 268 g/mol. The summed E-state index contributed by atoms with van der Waals surface area (Å²) in [6.45, 7) is 0.895. The molecule has 1 aromatic rings. The Morgan fingerprint density at radius 1 is 1.42 bits per heavy atom. The first-order valence-corrected chi connectivity index (χ1v) is 5.87. The number of ether oxygens (including phenoxy) is 1. The highest BCUT2D eigenvalue weighted by Gasteiger charge is 1.96. The molecular weight excluding hydrogens is 251 g/mol. The highest BCUT2D eigenvalue weighted by molar-refractivity contribution is 5.75. The van der Waals surface area contributed by atoms with E-state index in [1.807, 2.05) is 0 Å². The molecule has 0 aliphatic carbocycles. The first-order chi connectivity index (χ1) is 9.22. The number of aliphatic hydroxyl groups excluding tert-OH is 1. The molecule has 0 bridgehead atoms. The van der Waals surface area contributed by atoms with Crippen LogP contribution in [0.5, 0.6) is 0 Å². The van der Waals surface area contributed by atoms with Crippen molar-refractivity contribution in [1.29, 1.82) is 0 Å². The van der Waals surface area contributed by atoms with Crippen LogP contribution in [-0.4, -0.2) is 37.5 Å². The van der Waals surface area contributed by atoms with Crippen molar-refractivity contribution in [3.63, 3.8) is 0 Å². The summed E-state index contributed by atoms with van der Waals surface area (Å²) < 4.78 is 17.8. The molecule has 0 fully saturated rings. The number of aliphatic hydroxyl groups is 1. The van der Waals surface area contributed by atoms with Crippen molar-refractivity contribution < 1.29 is 19.0 Å². The van der Waals surface area contributed by atoms with E-state index in [0.717, 1.165) is 0 Å². The van der Waals surface area contributed by atoms with Crippen LogP contribution in [-0.2, 0) is 4.74 Å². The summed E-state index contributed by atoms with van der Waals surface area (Å²) in [7, 11) is 0. The second-order valence-corrected chi connectivity index (χ2v) is 3.62. The maximum atomic E-state index is 12.9. The second kappa shape index (κ2) is 9.07. The topological polar surface area (TPSA) is 70.6 Å². The van der Waals surface area contributed by atoms with Crippen LogP contribution in [0.3, 0.4) is 0 Å². The summed E-state index contributed by atoms with van der Waals surface area (Å²) in [5, 5.41) is 13.5. The molecule has 104 valence electrons. The lowest BCUT2D eigenvalue weighted by molar-refractivity contribution is 0.0948. The Morgan fingerprint density at radius 2 is 2.26 bits per heavy atom. The minimum Gasteiger partial charge on any atom is -0.394 e. The highest BCUT2D eigenvalue weighted by atomic mass is 19.1. The molecule has 1 rings (SSSR count). The van der Waals surface area contributed by atoms with Gasteiger partial charge in [0.2, 0.25) is 0 Å². The van der Waals surface area contributed by atoms with Gasteiger partial charge in [0.1, 0.15) is 5.82 Å². The zero-order valence-electron chi connectivity index (χ0n) is 10.4. The molecule has 0 aliphatic heterocycles. The van der Waals surface area contributed by atoms with Crippen LogP contribution >= 0.6 is 0 Å². The van der Waals surface area contributed by atoms with Crippen molar-refractivity contribution in [2.24, 2.45) is 0 Å². The molecule has 2 amide bonds. The van der Waals surface area contributed by atoms with Crippen LogP contribution in [0.15, 0.2) is 30.5 Å². The Morgan fingerprint density at radius 3 is 3.00 bits per heavy atom. The molecule has 0 spiro atoms. The third-order valence-electron chi connectivity index (χ3n) is 2.11. The van der Waals surface area contributed by atoms with Crippen molar-refractivity contribution in [3.05, 3.63) is 41.8 Å². The minimum atomic E-state index is -0.375. The van der Waals surface area contributed by atoms with Crippen LogP contribution in [0.2, 0.25) is 0 Å². The van der Waals surface area contributed by atoms with Gasteiger partial charge in [-0.3, -0.25) is 0 Å². The lowest BCUT2D eigenvalue weighted by atomic mass is 10.2. The van der Waals surface area contributed by atoms with Crippen molar-refractivity contribution in [2.75, 3.05) is 26.4 Å². The van der Waals surface area contributed by atoms with E-state index in [4.69, 9.17) is 9.84 Å². The van der Waals surface area contributed by atoms with Gasteiger partial charge in [-0.2, -0.15) is 0 Å². The van der Waals surface area contributed by atoms with Gasteiger partial charge in [0, 0.05) is 12.7 Å². The Labute approximate surface area is 111 Å². The smallest absolute Gasteiger partial charge is 0.318 e. The number of benzene rings is 1. The molecule has 0 aromatic heterocycles. The van der Waals surface area contributed by atoms with Crippen molar-refractivity contribution >= 4 is 12.1 Å². The van der Waals surface area contributed by atoms with Crippen LogP contribution in [0, 0.1) is 5.82 Å². The molecule has 5 nitrogen and oxygen atoms in total. The molecule has 0 unspecified atom stereocenters. The van der Waals surface area contributed by atoms with Crippen molar-refractivity contribution in [1.82, 2.24) is 10.6 Å². The molecule has 19 heavy (non-hydrogen) atoms. The number of carbonyl (C=O) groups is 1. The van der Waals surface area contributed by atoms with E-state index in [2.05, 4.69) is 10.6 Å². The van der Waals surface area contributed by atoms with Gasteiger partial charge in [0.05, 0.1) is 19.8 Å². The van der Waals surface area contributed by atoms with Gasteiger partial charge in [-0.25, -0.2) is 9.18 Å². The molecule has 0 radical (unpaired) electrons. The number of nitrogens with one attached hydrogen (secondary N) is 2. The van der Waals surface area contributed by atoms with Gasteiger partial charge >= 0.3 is 6.03 Å². The number of halogens is 1. The Balaban J connectivity index is 2.19. The van der Waals surface area contributed by atoms with Gasteiger partial charge in [0.25, 0.3) is 0 Å². The van der Waals surface area contributed by atoms with Gasteiger partial charge in [0.15, 0.2) is 0 Å². The van der Waals surface area contributed by atoms with E-state index in [1.165, 1.54) is 18.3 Å². The fourth-order valence-electron chi connectivity index (χ4n) is 1.28. The SMILES string of the molecule is O=C(N/C=C/c1cccc(F)c1)NCCOCCO. The number of carbonyl (C=O) groups excluding carboxylic acids is 1. The zero-order valence-corrected chi connectivity index (χ0v) is 10.4. The Bertz CT molecular complexity index is 424. The Hall–Kier alpha value is -1.92. The number of hydrogen-bond donors (Lipinski definition) is 3.